The summed E-state index contributed by atoms with van der Waals surface area (Å²) in [6, 6.07) is 23.7. The maximum absolute atomic E-state index is 13.7. The molecule has 0 radical (unpaired) electrons. The van der Waals surface area contributed by atoms with Crippen molar-refractivity contribution < 1.29 is 24.2 Å². The van der Waals surface area contributed by atoms with Crippen molar-refractivity contribution in [1.82, 2.24) is 9.88 Å². The van der Waals surface area contributed by atoms with Gasteiger partial charge in [0, 0.05) is 17.5 Å². The van der Waals surface area contributed by atoms with Gasteiger partial charge in [-0.3, -0.25) is 9.59 Å². The molecule has 7 nitrogen and oxygen atoms in total. The lowest BCUT2D eigenvalue weighted by Crippen LogP contribution is -2.35. The van der Waals surface area contributed by atoms with Crippen LogP contribution in [0.2, 0.25) is 0 Å². The summed E-state index contributed by atoms with van der Waals surface area (Å²) >= 11 is 0. The van der Waals surface area contributed by atoms with Crippen molar-refractivity contribution in [3.05, 3.63) is 90.0 Å². The van der Waals surface area contributed by atoms with Gasteiger partial charge in [-0.1, -0.05) is 30.3 Å². The van der Waals surface area contributed by atoms with Crippen LogP contribution in [0.5, 0.6) is 11.5 Å². The fraction of sp³-hybridized carbons (Fsp3) is 0.148. The highest BCUT2D eigenvalue weighted by Gasteiger charge is 2.22. The molecule has 0 unspecified atom stereocenters. The predicted molar refractivity (Wildman–Crippen MR) is 129 cm³/mol. The van der Waals surface area contributed by atoms with Crippen LogP contribution < -0.4 is 9.47 Å². The summed E-state index contributed by atoms with van der Waals surface area (Å²) in [5.41, 5.74) is 3.23. The van der Waals surface area contributed by atoms with Crippen LogP contribution in [-0.4, -0.2) is 47.6 Å². The molecule has 0 fully saturated rings. The van der Waals surface area contributed by atoms with Gasteiger partial charge in [-0.25, -0.2) is 4.98 Å². The fourth-order valence-electron chi connectivity index (χ4n) is 3.79. The summed E-state index contributed by atoms with van der Waals surface area (Å²) in [6.45, 7) is -0.318. The van der Waals surface area contributed by atoms with Crippen LogP contribution in [0.4, 0.5) is 0 Å². The maximum atomic E-state index is 13.7. The first-order valence-corrected chi connectivity index (χ1v) is 10.7. The van der Waals surface area contributed by atoms with E-state index in [1.807, 2.05) is 54.6 Å². The Morgan fingerprint density at radius 2 is 1.62 bits per heavy atom. The van der Waals surface area contributed by atoms with Gasteiger partial charge in [-0.2, -0.15) is 0 Å². The average Bonchev–Trinajstić information content (AvgIpc) is 2.87. The van der Waals surface area contributed by atoms with E-state index < -0.39 is 18.4 Å². The quantitative estimate of drug-likeness (QED) is 0.415. The van der Waals surface area contributed by atoms with Gasteiger partial charge in [0.05, 0.1) is 31.0 Å². The van der Waals surface area contributed by atoms with E-state index in [0.29, 0.717) is 33.7 Å². The van der Waals surface area contributed by atoms with Gasteiger partial charge in [-0.05, 0) is 54.1 Å². The lowest BCUT2D eigenvalue weighted by molar-refractivity contribution is -0.137. The smallest absolute Gasteiger partial charge is 0.323 e. The zero-order valence-electron chi connectivity index (χ0n) is 18.9. The number of rotatable bonds is 8. The Kier molecular flexibility index (Phi) is 6.73. The largest absolute Gasteiger partial charge is 0.497 e. The monoisotopic (exact) mass is 456 g/mol. The van der Waals surface area contributed by atoms with E-state index in [4.69, 9.17) is 14.5 Å². The first kappa shape index (κ1) is 22.8. The normalized spacial score (nSPS) is 10.6. The number of carbonyl (C=O) groups is 2. The highest BCUT2D eigenvalue weighted by Crippen LogP contribution is 2.28. The van der Waals surface area contributed by atoms with Crippen LogP contribution >= 0.6 is 0 Å². The number of aliphatic carboxylic acids is 1. The zero-order chi connectivity index (χ0) is 24.1. The molecule has 1 aromatic heterocycles. The summed E-state index contributed by atoms with van der Waals surface area (Å²) in [6.07, 6.45) is 0. The van der Waals surface area contributed by atoms with Gasteiger partial charge in [-0.15, -0.1) is 0 Å². The van der Waals surface area contributed by atoms with E-state index in [9.17, 15) is 14.7 Å². The van der Waals surface area contributed by atoms with Crippen molar-refractivity contribution in [2.45, 2.75) is 6.54 Å². The Morgan fingerprint density at radius 1 is 0.882 bits per heavy atom. The van der Waals surface area contributed by atoms with Crippen LogP contribution in [0.3, 0.4) is 0 Å². The van der Waals surface area contributed by atoms with Crippen molar-refractivity contribution in [3.63, 3.8) is 0 Å². The molecule has 0 atom stereocenters. The minimum Gasteiger partial charge on any atom is -0.497 e. The summed E-state index contributed by atoms with van der Waals surface area (Å²) in [7, 11) is 3.16. The molecule has 172 valence electrons. The standard InChI is InChI=1S/C27H24N2O5/c1-33-20-12-10-19(11-13-20)25-15-23(22-8-3-4-9-24(22)28-25)27(32)29(17-26(30)31)16-18-6-5-7-21(14-18)34-2/h3-15H,16-17H2,1-2H3,(H,30,31). The molecule has 3 aromatic carbocycles. The molecule has 0 aliphatic heterocycles. The molecule has 1 heterocycles. The lowest BCUT2D eigenvalue weighted by Gasteiger charge is -2.22. The topological polar surface area (TPSA) is 89.0 Å². The molecule has 1 amide bonds. The SMILES string of the molecule is COc1ccc(-c2cc(C(=O)N(CC(=O)O)Cc3cccc(OC)c3)c3ccccc3n2)cc1. The van der Waals surface area contributed by atoms with Gasteiger partial charge in [0.25, 0.3) is 5.91 Å². The molecule has 0 bridgehead atoms. The number of fused-ring (bicyclic) bond motifs is 1. The number of aromatic nitrogens is 1. The Labute approximate surface area is 197 Å². The molecule has 4 aromatic rings. The Balaban J connectivity index is 1.78. The average molecular weight is 456 g/mol. The summed E-state index contributed by atoms with van der Waals surface area (Å²) in [5, 5.41) is 10.2. The van der Waals surface area contributed by atoms with Crippen LogP contribution in [-0.2, 0) is 11.3 Å². The molecule has 0 aliphatic carbocycles. The van der Waals surface area contributed by atoms with Crippen LogP contribution in [0.15, 0.2) is 78.9 Å². The highest BCUT2D eigenvalue weighted by atomic mass is 16.5. The maximum Gasteiger partial charge on any atom is 0.323 e. The number of hydrogen-bond donors (Lipinski definition) is 1. The first-order valence-electron chi connectivity index (χ1n) is 10.7. The van der Waals surface area contributed by atoms with Crippen molar-refractivity contribution >= 4 is 22.8 Å². The number of methoxy groups -OCH3 is 2. The first-order chi connectivity index (χ1) is 16.5. The van der Waals surface area contributed by atoms with Crippen molar-refractivity contribution in [1.29, 1.82) is 0 Å². The van der Waals surface area contributed by atoms with Crippen LogP contribution in [0.1, 0.15) is 15.9 Å². The van der Waals surface area contributed by atoms with E-state index in [2.05, 4.69) is 0 Å². The second-order valence-corrected chi connectivity index (χ2v) is 7.71. The van der Waals surface area contributed by atoms with Crippen molar-refractivity contribution in [2.75, 3.05) is 20.8 Å². The van der Waals surface area contributed by atoms with Crippen LogP contribution in [0.25, 0.3) is 22.2 Å². The number of carboxylic acids is 1. The summed E-state index contributed by atoms with van der Waals surface area (Å²) < 4.78 is 10.5. The van der Waals surface area contributed by atoms with Crippen molar-refractivity contribution in [3.8, 4) is 22.8 Å². The second-order valence-electron chi connectivity index (χ2n) is 7.71. The number of ether oxygens (including phenoxy) is 2. The highest BCUT2D eigenvalue weighted by molar-refractivity contribution is 6.07. The zero-order valence-corrected chi connectivity index (χ0v) is 18.9. The van der Waals surface area contributed by atoms with Crippen LogP contribution in [0, 0.1) is 0 Å². The van der Waals surface area contributed by atoms with E-state index in [1.54, 1.807) is 38.5 Å². The summed E-state index contributed by atoms with van der Waals surface area (Å²) in [4.78, 5) is 31.4. The molecule has 0 saturated carbocycles. The predicted octanol–water partition coefficient (Wildman–Crippen LogP) is 4.65. The van der Waals surface area contributed by atoms with E-state index in [0.717, 1.165) is 11.1 Å². The van der Waals surface area contributed by atoms with Crippen molar-refractivity contribution in [2.24, 2.45) is 0 Å². The Bertz CT molecular complexity index is 1330. The number of hydrogen-bond acceptors (Lipinski definition) is 5. The number of amides is 1. The molecular formula is C27H24N2O5. The van der Waals surface area contributed by atoms with E-state index >= 15 is 0 Å². The number of benzene rings is 3. The molecular weight excluding hydrogens is 432 g/mol. The second kappa shape index (κ2) is 10.0. The number of carbonyl (C=O) groups excluding carboxylic acids is 1. The van der Waals surface area contributed by atoms with Gasteiger partial charge >= 0.3 is 5.97 Å². The van der Waals surface area contributed by atoms with E-state index in [1.165, 1.54) is 4.90 Å². The van der Waals surface area contributed by atoms with Gasteiger partial charge in [0.15, 0.2) is 0 Å². The van der Waals surface area contributed by atoms with Gasteiger partial charge < -0.3 is 19.5 Å². The third-order valence-electron chi connectivity index (χ3n) is 5.45. The molecule has 0 saturated heterocycles. The van der Waals surface area contributed by atoms with E-state index in [-0.39, 0.29) is 6.54 Å². The Hall–Kier alpha value is -4.39. The lowest BCUT2D eigenvalue weighted by atomic mass is 10.0. The number of carboxylic acid groups (broad SMARTS) is 1. The third kappa shape index (κ3) is 4.99. The molecule has 34 heavy (non-hydrogen) atoms. The number of para-hydroxylation sites is 1. The molecule has 4 rings (SSSR count). The number of nitrogens with zero attached hydrogens (tertiary/aromatic N) is 2. The van der Waals surface area contributed by atoms with Gasteiger partial charge in [0.1, 0.15) is 18.0 Å². The molecule has 1 N–H and O–H groups in total. The minimum atomic E-state index is -1.09. The Morgan fingerprint density at radius 3 is 2.32 bits per heavy atom. The third-order valence-corrected chi connectivity index (χ3v) is 5.45. The molecule has 0 spiro atoms. The number of pyridine rings is 1. The summed E-state index contributed by atoms with van der Waals surface area (Å²) in [5.74, 6) is -0.133. The molecule has 0 aliphatic rings. The minimum absolute atomic E-state index is 0.122. The molecule has 7 heteroatoms. The fourth-order valence-corrected chi connectivity index (χ4v) is 3.79. The van der Waals surface area contributed by atoms with Gasteiger partial charge in [0.2, 0.25) is 0 Å².